The minimum Gasteiger partial charge on any atom is -0.384 e. The van der Waals surface area contributed by atoms with Crippen molar-refractivity contribution in [3.05, 3.63) is 53.7 Å². The SMILES string of the molecule is Cc1ccc(CCC(=O)N(C)c2ccc(N)nc2)cc1. The minimum absolute atomic E-state index is 0.0668. The summed E-state index contributed by atoms with van der Waals surface area (Å²) < 4.78 is 0. The number of nitrogens with two attached hydrogens (primary N) is 1. The van der Waals surface area contributed by atoms with Crippen molar-refractivity contribution in [1.82, 2.24) is 4.98 Å². The summed E-state index contributed by atoms with van der Waals surface area (Å²) in [4.78, 5) is 17.7. The van der Waals surface area contributed by atoms with Gasteiger partial charge in [-0.1, -0.05) is 29.8 Å². The lowest BCUT2D eigenvalue weighted by Gasteiger charge is -2.17. The van der Waals surface area contributed by atoms with Gasteiger partial charge in [-0.15, -0.1) is 0 Å². The highest BCUT2D eigenvalue weighted by Crippen LogP contribution is 2.14. The predicted molar refractivity (Wildman–Crippen MR) is 81.6 cm³/mol. The second-order valence-corrected chi connectivity index (χ2v) is 4.88. The molecular formula is C16H19N3O. The number of rotatable bonds is 4. The molecule has 1 aromatic carbocycles. The second-order valence-electron chi connectivity index (χ2n) is 4.88. The van der Waals surface area contributed by atoms with Crippen LogP contribution in [0.3, 0.4) is 0 Å². The number of pyridine rings is 1. The number of anilines is 2. The molecule has 2 aromatic rings. The number of nitrogens with zero attached hydrogens (tertiary/aromatic N) is 2. The monoisotopic (exact) mass is 269 g/mol. The van der Waals surface area contributed by atoms with Crippen LogP contribution in [-0.4, -0.2) is 17.9 Å². The van der Waals surface area contributed by atoms with Crippen LogP contribution in [0.15, 0.2) is 42.6 Å². The molecule has 0 radical (unpaired) electrons. The van der Waals surface area contributed by atoms with Gasteiger partial charge >= 0.3 is 0 Å². The summed E-state index contributed by atoms with van der Waals surface area (Å²) in [6, 6.07) is 11.7. The Balaban J connectivity index is 1.94. The zero-order valence-corrected chi connectivity index (χ0v) is 11.8. The zero-order chi connectivity index (χ0) is 14.5. The van der Waals surface area contributed by atoms with Crippen molar-refractivity contribution in [2.45, 2.75) is 19.8 Å². The number of aromatic nitrogens is 1. The van der Waals surface area contributed by atoms with Crippen LogP contribution in [-0.2, 0) is 11.2 Å². The van der Waals surface area contributed by atoms with Crippen LogP contribution < -0.4 is 10.6 Å². The number of carbonyl (C=O) groups is 1. The van der Waals surface area contributed by atoms with Crippen LogP contribution in [0.2, 0.25) is 0 Å². The molecule has 0 aliphatic carbocycles. The summed E-state index contributed by atoms with van der Waals surface area (Å²) >= 11 is 0. The maximum absolute atomic E-state index is 12.1. The summed E-state index contributed by atoms with van der Waals surface area (Å²) in [5.74, 6) is 0.520. The Bertz CT molecular complexity index is 576. The fourth-order valence-electron chi connectivity index (χ4n) is 1.91. The van der Waals surface area contributed by atoms with Crippen molar-refractivity contribution < 1.29 is 4.79 Å². The second kappa shape index (κ2) is 6.19. The Morgan fingerprint density at radius 3 is 2.50 bits per heavy atom. The maximum Gasteiger partial charge on any atom is 0.227 e. The predicted octanol–water partition coefficient (Wildman–Crippen LogP) is 2.57. The van der Waals surface area contributed by atoms with E-state index in [9.17, 15) is 4.79 Å². The highest BCUT2D eigenvalue weighted by molar-refractivity contribution is 5.92. The van der Waals surface area contributed by atoms with Gasteiger partial charge in [0.05, 0.1) is 11.9 Å². The van der Waals surface area contributed by atoms with Crippen LogP contribution in [0, 0.1) is 6.92 Å². The van der Waals surface area contributed by atoms with Gasteiger partial charge in [0.2, 0.25) is 5.91 Å². The van der Waals surface area contributed by atoms with Crippen LogP contribution in [0.4, 0.5) is 11.5 Å². The molecular weight excluding hydrogens is 250 g/mol. The first-order chi connectivity index (χ1) is 9.56. The van der Waals surface area contributed by atoms with Gasteiger partial charge in [0, 0.05) is 13.5 Å². The molecule has 0 bridgehead atoms. The van der Waals surface area contributed by atoms with E-state index in [4.69, 9.17) is 5.73 Å². The maximum atomic E-state index is 12.1. The Labute approximate surface area is 119 Å². The first kappa shape index (κ1) is 14.1. The average molecular weight is 269 g/mol. The van der Waals surface area contributed by atoms with E-state index in [-0.39, 0.29) is 5.91 Å². The van der Waals surface area contributed by atoms with Crippen molar-refractivity contribution in [3.8, 4) is 0 Å². The number of hydrogen-bond donors (Lipinski definition) is 1. The lowest BCUT2D eigenvalue weighted by atomic mass is 10.1. The van der Waals surface area contributed by atoms with Crippen LogP contribution in [0.1, 0.15) is 17.5 Å². The van der Waals surface area contributed by atoms with E-state index >= 15 is 0 Å². The molecule has 0 aliphatic heterocycles. The third-order valence-corrected chi connectivity index (χ3v) is 3.28. The van der Waals surface area contributed by atoms with Crippen LogP contribution >= 0.6 is 0 Å². The van der Waals surface area contributed by atoms with Crippen LogP contribution in [0.5, 0.6) is 0 Å². The summed E-state index contributed by atoms with van der Waals surface area (Å²) in [6.07, 6.45) is 2.83. The molecule has 1 aromatic heterocycles. The van der Waals surface area contributed by atoms with Crippen molar-refractivity contribution in [2.24, 2.45) is 0 Å². The molecule has 0 saturated heterocycles. The van der Waals surface area contributed by atoms with Crippen molar-refractivity contribution in [3.63, 3.8) is 0 Å². The third-order valence-electron chi connectivity index (χ3n) is 3.28. The molecule has 2 N–H and O–H groups in total. The molecule has 0 saturated carbocycles. The Hall–Kier alpha value is -2.36. The summed E-state index contributed by atoms with van der Waals surface area (Å²) in [5.41, 5.74) is 8.69. The molecule has 4 heteroatoms. The number of amides is 1. The zero-order valence-electron chi connectivity index (χ0n) is 11.8. The van der Waals surface area contributed by atoms with E-state index in [0.29, 0.717) is 12.2 Å². The molecule has 0 unspecified atom stereocenters. The van der Waals surface area contributed by atoms with E-state index in [1.807, 2.05) is 0 Å². The average Bonchev–Trinajstić information content (AvgIpc) is 2.46. The van der Waals surface area contributed by atoms with Crippen molar-refractivity contribution in [2.75, 3.05) is 17.7 Å². The van der Waals surface area contributed by atoms with Gasteiger partial charge in [0.1, 0.15) is 5.82 Å². The van der Waals surface area contributed by atoms with E-state index in [0.717, 1.165) is 12.1 Å². The molecule has 0 spiro atoms. The summed E-state index contributed by atoms with van der Waals surface area (Å²) in [7, 11) is 1.75. The van der Waals surface area contributed by atoms with Gasteiger partial charge in [-0.05, 0) is 31.0 Å². The minimum atomic E-state index is 0.0668. The Morgan fingerprint density at radius 1 is 1.20 bits per heavy atom. The number of benzene rings is 1. The number of aryl methyl sites for hydroxylation is 2. The Kier molecular flexibility index (Phi) is 4.35. The van der Waals surface area contributed by atoms with Gasteiger partial charge in [-0.3, -0.25) is 4.79 Å². The molecule has 20 heavy (non-hydrogen) atoms. The third kappa shape index (κ3) is 3.57. The molecule has 104 valence electrons. The van der Waals surface area contributed by atoms with Gasteiger partial charge in [0.25, 0.3) is 0 Å². The van der Waals surface area contributed by atoms with Gasteiger partial charge in [0.15, 0.2) is 0 Å². The van der Waals surface area contributed by atoms with Crippen molar-refractivity contribution >= 4 is 17.4 Å². The summed E-state index contributed by atoms with van der Waals surface area (Å²) in [5, 5.41) is 0. The number of nitrogen functional groups attached to an aromatic ring is 1. The number of carbonyl (C=O) groups excluding carboxylic acids is 1. The fraction of sp³-hybridized carbons (Fsp3) is 0.250. The van der Waals surface area contributed by atoms with E-state index in [2.05, 4.69) is 36.2 Å². The molecule has 1 amide bonds. The standard InChI is InChI=1S/C16H19N3O/c1-12-3-5-13(6-4-12)7-10-16(20)19(2)14-8-9-15(17)18-11-14/h3-6,8-9,11H,7,10H2,1-2H3,(H2,17,18). The van der Waals surface area contributed by atoms with E-state index in [1.165, 1.54) is 11.1 Å². The molecule has 2 rings (SSSR count). The van der Waals surface area contributed by atoms with E-state index in [1.54, 1.807) is 30.3 Å². The molecule has 1 heterocycles. The number of hydrogen-bond acceptors (Lipinski definition) is 3. The highest BCUT2D eigenvalue weighted by atomic mass is 16.2. The van der Waals surface area contributed by atoms with Gasteiger partial charge in [-0.25, -0.2) is 4.98 Å². The lowest BCUT2D eigenvalue weighted by Crippen LogP contribution is -2.26. The highest BCUT2D eigenvalue weighted by Gasteiger charge is 2.11. The van der Waals surface area contributed by atoms with Crippen LogP contribution in [0.25, 0.3) is 0 Å². The smallest absolute Gasteiger partial charge is 0.227 e. The first-order valence-corrected chi connectivity index (χ1v) is 6.60. The largest absolute Gasteiger partial charge is 0.384 e. The first-order valence-electron chi connectivity index (χ1n) is 6.60. The topological polar surface area (TPSA) is 59.2 Å². The fourth-order valence-corrected chi connectivity index (χ4v) is 1.91. The lowest BCUT2D eigenvalue weighted by molar-refractivity contribution is -0.118. The quantitative estimate of drug-likeness (QED) is 0.928. The normalized spacial score (nSPS) is 10.3. The van der Waals surface area contributed by atoms with E-state index < -0.39 is 0 Å². The molecule has 4 nitrogen and oxygen atoms in total. The molecule has 0 aliphatic rings. The molecule has 0 atom stereocenters. The van der Waals surface area contributed by atoms with Gasteiger partial charge < -0.3 is 10.6 Å². The molecule has 0 fully saturated rings. The van der Waals surface area contributed by atoms with Crippen molar-refractivity contribution in [1.29, 1.82) is 0 Å². The van der Waals surface area contributed by atoms with Gasteiger partial charge in [-0.2, -0.15) is 0 Å². The summed E-state index contributed by atoms with van der Waals surface area (Å²) in [6.45, 7) is 2.05. The Morgan fingerprint density at radius 2 is 1.90 bits per heavy atom.